The van der Waals surface area contributed by atoms with E-state index in [1.807, 2.05) is 6.92 Å². The molecule has 1 atom stereocenters. The van der Waals surface area contributed by atoms with Crippen molar-refractivity contribution in [3.63, 3.8) is 0 Å². The molecule has 1 unspecified atom stereocenters. The Balaban J connectivity index is 2.07. The number of urea groups is 1. The van der Waals surface area contributed by atoms with Crippen molar-refractivity contribution >= 4 is 29.3 Å². The predicted molar refractivity (Wildman–Crippen MR) is 79.1 cm³/mol. The van der Waals surface area contributed by atoms with Crippen LogP contribution < -0.4 is 10.1 Å². The fourth-order valence-electron chi connectivity index (χ4n) is 2.32. The lowest BCUT2D eigenvalue weighted by atomic mass is 10.1. The number of carboxylic acids is 1. The van der Waals surface area contributed by atoms with Crippen LogP contribution in [0.3, 0.4) is 0 Å². The molecule has 1 aromatic carbocycles. The highest BCUT2D eigenvalue weighted by Gasteiger charge is 2.31. The van der Waals surface area contributed by atoms with Crippen LogP contribution in [-0.4, -0.2) is 42.2 Å². The van der Waals surface area contributed by atoms with E-state index in [-0.39, 0.29) is 12.6 Å². The average Bonchev–Trinajstić information content (AvgIpc) is 2.92. The van der Waals surface area contributed by atoms with Crippen LogP contribution in [0, 0.1) is 12.8 Å². The third-order valence-corrected chi connectivity index (χ3v) is 3.86. The van der Waals surface area contributed by atoms with Crippen LogP contribution in [0.15, 0.2) is 12.1 Å². The molecule has 0 spiro atoms. The standard InChI is InChI=1S/C14H17ClN2O4/c1-8-5-11(10(15)6-12(8)21-2)16-14(20)17-4-3-9(7-17)13(18)19/h5-6,9H,3-4,7H2,1-2H3,(H,16,20)(H,18,19). The molecule has 114 valence electrons. The van der Waals surface area contributed by atoms with E-state index in [0.29, 0.717) is 29.4 Å². The number of aliphatic carboxylic acids is 1. The van der Waals surface area contributed by atoms with Gasteiger partial charge < -0.3 is 20.1 Å². The number of ether oxygens (including phenoxy) is 1. The topological polar surface area (TPSA) is 78.9 Å². The van der Waals surface area contributed by atoms with Crippen molar-refractivity contribution in [2.24, 2.45) is 5.92 Å². The van der Waals surface area contributed by atoms with E-state index in [1.165, 1.54) is 4.90 Å². The number of likely N-dealkylation sites (tertiary alicyclic amines) is 1. The van der Waals surface area contributed by atoms with Crippen molar-refractivity contribution in [1.82, 2.24) is 4.90 Å². The first-order chi connectivity index (χ1) is 9.92. The summed E-state index contributed by atoms with van der Waals surface area (Å²) < 4.78 is 5.15. The number of nitrogens with zero attached hydrogens (tertiary/aromatic N) is 1. The summed E-state index contributed by atoms with van der Waals surface area (Å²) in [6.45, 7) is 2.49. The highest BCUT2D eigenvalue weighted by Crippen LogP contribution is 2.30. The Hall–Kier alpha value is -1.95. The number of carbonyl (C=O) groups excluding carboxylic acids is 1. The second kappa shape index (κ2) is 6.22. The predicted octanol–water partition coefficient (Wildman–Crippen LogP) is 2.60. The molecule has 0 aromatic heterocycles. The number of benzene rings is 1. The van der Waals surface area contributed by atoms with Gasteiger partial charge in [0.2, 0.25) is 0 Å². The second-order valence-corrected chi connectivity index (χ2v) is 5.41. The molecule has 1 fully saturated rings. The van der Waals surface area contributed by atoms with Crippen LogP contribution in [0.4, 0.5) is 10.5 Å². The molecule has 2 amide bonds. The van der Waals surface area contributed by atoms with Crippen molar-refractivity contribution in [3.05, 3.63) is 22.7 Å². The number of carbonyl (C=O) groups is 2. The third kappa shape index (κ3) is 3.39. The Morgan fingerprint density at radius 2 is 2.19 bits per heavy atom. The molecule has 1 aliphatic heterocycles. The summed E-state index contributed by atoms with van der Waals surface area (Å²) in [6, 6.07) is 3.02. The highest BCUT2D eigenvalue weighted by atomic mass is 35.5. The first-order valence-corrected chi connectivity index (χ1v) is 6.93. The Bertz CT molecular complexity index is 576. The molecule has 0 aliphatic carbocycles. The molecule has 1 heterocycles. The summed E-state index contributed by atoms with van der Waals surface area (Å²) in [5.41, 5.74) is 1.33. The van der Waals surface area contributed by atoms with Crippen LogP contribution in [0.1, 0.15) is 12.0 Å². The van der Waals surface area contributed by atoms with Crippen molar-refractivity contribution < 1.29 is 19.4 Å². The molecule has 2 N–H and O–H groups in total. The summed E-state index contributed by atoms with van der Waals surface area (Å²) in [5, 5.41) is 12.0. The van der Waals surface area contributed by atoms with Gasteiger partial charge >= 0.3 is 12.0 Å². The van der Waals surface area contributed by atoms with Gasteiger partial charge in [-0.2, -0.15) is 0 Å². The number of rotatable bonds is 3. The molecular weight excluding hydrogens is 296 g/mol. The molecule has 1 aliphatic rings. The number of anilines is 1. The zero-order valence-corrected chi connectivity index (χ0v) is 12.6. The minimum absolute atomic E-state index is 0.216. The molecule has 0 saturated carbocycles. The van der Waals surface area contributed by atoms with E-state index in [4.69, 9.17) is 21.4 Å². The number of carboxylic acid groups (broad SMARTS) is 1. The fourth-order valence-corrected chi connectivity index (χ4v) is 2.52. The molecule has 7 heteroatoms. The van der Waals surface area contributed by atoms with E-state index in [0.717, 1.165) is 5.56 Å². The Kier molecular flexibility index (Phi) is 4.57. The second-order valence-electron chi connectivity index (χ2n) is 5.00. The van der Waals surface area contributed by atoms with Crippen molar-refractivity contribution in [2.45, 2.75) is 13.3 Å². The quantitative estimate of drug-likeness (QED) is 0.899. The summed E-state index contributed by atoms with van der Waals surface area (Å²) in [5.74, 6) is -0.724. The zero-order valence-electron chi connectivity index (χ0n) is 11.9. The van der Waals surface area contributed by atoms with Gasteiger partial charge in [0.25, 0.3) is 0 Å². The van der Waals surface area contributed by atoms with Crippen LogP contribution in [0.2, 0.25) is 5.02 Å². The number of aryl methyl sites for hydroxylation is 1. The van der Waals surface area contributed by atoms with Crippen LogP contribution >= 0.6 is 11.6 Å². The van der Waals surface area contributed by atoms with E-state index in [9.17, 15) is 9.59 Å². The summed E-state index contributed by atoms with van der Waals surface area (Å²) >= 11 is 6.10. The molecule has 1 saturated heterocycles. The van der Waals surface area contributed by atoms with Gasteiger partial charge in [-0.05, 0) is 25.0 Å². The molecule has 1 aromatic rings. The summed E-state index contributed by atoms with van der Waals surface area (Å²) in [7, 11) is 1.55. The fraction of sp³-hybridized carbons (Fsp3) is 0.429. The summed E-state index contributed by atoms with van der Waals surface area (Å²) in [4.78, 5) is 24.5. The van der Waals surface area contributed by atoms with E-state index < -0.39 is 11.9 Å². The van der Waals surface area contributed by atoms with Gasteiger partial charge in [0.1, 0.15) is 5.75 Å². The summed E-state index contributed by atoms with van der Waals surface area (Å²) in [6.07, 6.45) is 0.470. The largest absolute Gasteiger partial charge is 0.496 e. The maximum atomic E-state index is 12.1. The number of hydrogen-bond donors (Lipinski definition) is 2. The normalized spacial score (nSPS) is 17.7. The first-order valence-electron chi connectivity index (χ1n) is 6.55. The highest BCUT2D eigenvalue weighted by molar-refractivity contribution is 6.33. The minimum Gasteiger partial charge on any atom is -0.496 e. The Morgan fingerprint density at radius 1 is 1.48 bits per heavy atom. The van der Waals surface area contributed by atoms with E-state index in [2.05, 4.69) is 5.32 Å². The van der Waals surface area contributed by atoms with Crippen LogP contribution in [-0.2, 0) is 4.79 Å². The van der Waals surface area contributed by atoms with Gasteiger partial charge in [-0.3, -0.25) is 4.79 Å². The first kappa shape index (κ1) is 15.4. The monoisotopic (exact) mass is 312 g/mol. The van der Waals surface area contributed by atoms with E-state index >= 15 is 0 Å². The Labute approximate surface area is 127 Å². The van der Waals surface area contributed by atoms with Crippen molar-refractivity contribution in [1.29, 1.82) is 0 Å². The van der Waals surface area contributed by atoms with Crippen LogP contribution in [0.5, 0.6) is 5.75 Å². The average molecular weight is 313 g/mol. The van der Waals surface area contributed by atoms with Gasteiger partial charge in [-0.1, -0.05) is 11.6 Å². The lowest BCUT2D eigenvalue weighted by Gasteiger charge is -2.18. The maximum absolute atomic E-state index is 12.1. The smallest absolute Gasteiger partial charge is 0.321 e. The number of amides is 2. The molecule has 21 heavy (non-hydrogen) atoms. The molecule has 2 rings (SSSR count). The van der Waals surface area contributed by atoms with Gasteiger partial charge in [0.05, 0.1) is 23.7 Å². The van der Waals surface area contributed by atoms with Gasteiger partial charge in [0, 0.05) is 19.2 Å². The third-order valence-electron chi connectivity index (χ3n) is 3.55. The SMILES string of the molecule is COc1cc(Cl)c(NC(=O)N2CCC(C(=O)O)C2)cc1C. The lowest BCUT2D eigenvalue weighted by Crippen LogP contribution is -2.33. The van der Waals surface area contributed by atoms with Crippen molar-refractivity contribution in [2.75, 3.05) is 25.5 Å². The van der Waals surface area contributed by atoms with Crippen molar-refractivity contribution in [3.8, 4) is 5.75 Å². The minimum atomic E-state index is -0.872. The molecular formula is C14H17ClN2O4. The van der Waals surface area contributed by atoms with Gasteiger partial charge in [-0.25, -0.2) is 4.79 Å². The lowest BCUT2D eigenvalue weighted by molar-refractivity contribution is -0.141. The molecule has 0 radical (unpaired) electrons. The van der Waals surface area contributed by atoms with E-state index in [1.54, 1.807) is 19.2 Å². The molecule has 6 nitrogen and oxygen atoms in total. The molecule has 0 bridgehead atoms. The van der Waals surface area contributed by atoms with Gasteiger partial charge in [0.15, 0.2) is 0 Å². The van der Waals surface area contributed by atoms with Gasteiger partial charge in [-0.15, -0.1) is 0 Å². The zero-order chi connectivity index (χ0) is 15.6. The number of nitrogens with one attached hydrogen (secondary N) is 1. The number of halogens is 1. The number of hydrogen-bond acceptors (Lipinski definition) is 3. The van der Waals surface area contributed by atoms with Crippen LogP contribution in [0.25, 0.3) is 0 Å². The Morgan fingerprint density at radius 3 is 2.76 bits per heavy atom. The maximum Gasteiger partial charge on any atom is 0.321 e. The number of methoxy groups -OCH3 is 1.